The van der Waals surface area contributed by atoms with Crippen molar-refractivity contribution in [3.05, 3.63) is 102 Å². The number of pyridine rings is 1. The Kier molecular flexibility index (Phi) is 6.84. The smallest absolute Gasteiger partial charge is 0.221 e. The van der Waals surface area contributed by atoms with Crippen LogP contribution in [0.2, 0.25) is 0 Å². The van der Waals surface area contributed by atoms with Crippen molar-refractivity contribution in [2.45, 2.75) is 38.4 Å². The van der Waals surface area contributed by atoms with E-state index in [4.69, 9.17) is 5.73 Å². The monoisotopic (exact) mass is 482 g/mol. The molecule has 2 heterocycles. The molecule has 182 valence electrons. The number of anilines is 2. The minimum Gasteiger partial charge on any atom is -0.369 e. The second-order valence-electron chi connectivity index (χ2n) is 8.97. The second-order valence-corrected chi connectivity index (χ2v) is 8.97. The van der Waals surface area contributed by atoms with Crippen LogP contribution in [-0.4, -0.2) is 26.9 Å². The van der Waals surface area contributed by atoms with Crippen LogP contribution in [0.4, 0.5) is 16.0 Å². The normalized spacial score (nSPS) is 12.8. The summed E-state index contributed by atoms with van der Waals surface area (Å²) in [5, 5.41) is 3.09. The van der Waals surface area contributed by atoms with Gasteiger partial charge >= 0.3 is 0 Å². The van der Waals surface area contributed by atoms with Crippen LogP contribution >= 0.6 is 0 Å². The van der Waals surface area contributed by atoms with Crippen LogP contribution in [0.15, 0.2) is 79.4 Å². The lowest BCUT2D eigenvalue weighted by Gasteiger charge is -2.25. The zero-order chi connectivity index (χ0) is 24.9. The molecule has 1 saturated carbocycles. The van der Waals surface area contributed by atoms with Gasteiger partial charge in [-0.25, -0.2) is 9.97 Å². The van der Waals surface area contributed by atoms with Crippen molar-refractivity contribution in [2.75, 3.05) is 10.2 Å². The molecular formula is C28H27FN6O. The first kappa shape index (κ1) is 23.4. The van der Waals surface area contributed by atoms with E-state index in [1.54, 1.807) is 6.20 Å². The number of nitrogens with one attached hydrogen (secondary N) is 1. The maximum atomic E-state index is 15.6. The van der Waals surface area contributed by atoms with Gasteiger partial charge in [0, 0.05) is 31.5 Å². The number of nitrogens with two attached hydrogens (primary N) is 1. The number of rotatable bonds is 10. The number of primary amides is 1. The first-order valence-electron chi connectivity index (χ1n) is 11.9. The van der Waals surface area contributed by atoms with Gasteiger partial charge in [-0.15, -0.1) is 0 Å². The molecule has 5 rings (SSSR count). The van der Waals surface area contributed by atoms with E-state index in [0.29, 0.717) is 18.9 Å². The van der Waals surface area contributed by atoms with Crippen molar-refractivity contribution >= 4 is 17.5 Å². The Labute approximate surface area is 209 Å². The van der Waals surface area contributed by atoms with Gasteiger partial charge in [0.15, 0.2) is 11.6 Å². The highest BCUT2D eigenvalue weighted by Crippen LogP contribution is 2.35. The van der Waals surface area contributed by atoms with E-state index in [0.717, 1.165) is 40.7 Å². The standard InChI is InChI=1S/C28H27FN6O/c29-26-27(32-15-20-8-6-19(7-9-20)14-25(30)36)33-18-34-28(26)35(24-10-11-24)17-21-3-1-4-22(13-21)23-5-2-12-31-16-23/h1-9,12-13,16,18,24H,10-11,14-15,17H2,(H2,30,36)(H,32,33,34). The molecule has 36 heavy (non-hydrogen) atoms. The van der Waals surface area contributed by atoms with Gasteiger partial charge in [0.1, 0.15) is 6.33 Å². The highest BCUT2D eigenvalue weighted by molar-refractivity contribution is 5.76. The Morgan fingerprint density at radius 2 is 1.78 bits per heavy atom. The van der Waals surface area contributed by atoms with E-state index in [1.165, 1.54) is 6.33 Å². The molecule has 1 aliphatic rings. The molecule has 7 nitrogen and oxygen atoms in total. The molecule has 4 aromatic rings. The zero-order valence-corrected chi connectivity index (χ0v) is 19.8. The van der Waals surface area contributed by atoms with Crippen LogP contribution < -0.4 is 16.0 Å². The van der Waals surface area contributed by atoms with Crippen LogP contribution in [0.3, 0.4) is 0 Å². The summed E-state index contributed by atoms with van der Waals surface area (Å²) < 4.78 is 15.6. The maximum Gasteiger partial charge on any atom is 0.221 e. The third kappa shape index (κ3) is 5.66. The number of carbonyl (C=O) groups excluding carboxylic acids is 1. The first-order chi connectivity index (χ1) is 17.6. The van der Waals surface area contributed by atoms with Crippen LogP contribution in [0.5, 0.6) is 0 Å². The Morgan fingerprint density at radius 1 is 1.00 bits per heavy atom. The first-order valence-corrected chi connectivity index (χ1v) is 11.9. The Balaban J connectivity index is 1.32. The summed E-state index contributed by atoms with van der Waals surface area (Å²) in [6.45, 7) is 0.939. The third-order valence-electron chi connectivity index (χ3n) is 6.17. The van der Waals surface area contributed by atoms with Gasteiger partial charge in [0.05, 0.1) is 6.42 Å². The average Bonchev–Trinajstić information content (AvgIpc) is 3.74. The van der Waals surface area contributed by atoms with Gasteiger partial charge in [-0.3, -0.25) is 9.78 Å². The molecule has 0 spiro atoms. The predicted octanol–water partition coefficient (Wildman–Crippen LogP) is 4.49. The minimum atomic E-state index is -0.460. The van der Waals surface area contributed by atoms with E-state index < -0.39 is 5.82 Å². The number of halogens is 1. The lowest BCUT2D eigenvalue weighted by molar-refractivity contribution is -0.117. The van der Waals surface area contributed by atoms with Gasteiger partial charge < -0.3 is 16.0 Å². The van der Waals surface area contributed by atoms with E-state index in [9.17, 15) is 4.79 Å². The summed E-state index contributed by atoms with van der Waals surface area (Å²) in [4.78, 5) is 25.8. The molecule has 0 saturated heterocycles. The highest BCUT2D eigenvalue weighted by atomic mass is 19.1. The summed E-state index contributed by atoms with van der Waals surface area (Å²) in [6.07, 6.45) is 7.20. The molecular weight excluding hydrogens is 455 g/mol. The summed E-state index contributed by atoms with van der Waals surface area (Å²) in [7, 11) is 0. The second kappa shape index (κ2) is 10.5. The van der Waals surface area contributed by atoms with Crippen molar-refractivity contribution < 1.29 is 9.18 Å². The zero-order valence-electron chi connectivity index (χ0n) is 19.8. The maximum absolute atomic E-state index is 15.6. The van der Waals surface area contributed by atoms with Crippen molar-refractivity contribution in [1.82, 2.24) is 15.0 Å². The molecule has 0 atom stereocenters. The topological polar surface area (TPSA) is 97.0 Å². The number of amides is 1. The molecule has 1 amide bonds. The summed E-state index contributed by atoms with van der Waals surface area (Å²) in [5.41, 5.74) is 10.2. The van der Waals surface area contributed by atoms with Crippen LogP contribution in [-0.2, 0) is 24.3 Å². The number of hydrogen-bond donors (Lipinski definition) is 2. The molecule has 2 aromatic heterocycles. The van der Waals surface area contributed by atoms with Crippen molar-refractivity contribution in [3.63, 3.8) is 0 Å². The summed E-state index contributed by atoms with van der Waals surface area (Å²) in [5.74, 6) is -0.367. The van der Waals surface area contributed by atoms with Crippen molar-refractivity contribution in [2.24, 2.45) is 5.73 Å². The number of nitrogens with zero attached hydrogens (tertiary/aromatic N) is 4. The summed E-state index contributed by atoms with van der Waals surface area (Å²) in [6, 6.07) is 19.9. The number of hydrogen-bond acceptors (Lipinski definition) is 6. The van der Waals surface area contributed by atoms with Crippen LogP contribution in [0.1, 0.15) is 29.5 Å². The Bertz CT molecular complexity index is 1340. The largest absolute Gasteiger partial charge is 0.369 e. The van der Waals surface area contributed by atoms with E-state index in [1.807, 2.05) is 53.6 Å². The molecule has 2 aromatic carbocycles. The Morgan fingerprint density at radius 3 is 2.50 bits per heavy atom. The number of aromatic nitrogens is 3. The van der Waals surface area contributed by atoms with Crippen LogP contribution in [0, 0.1) is 5.82 Å². The molecule has 0 bridgehead atoms. The fourth-order valence-electron chi connectivity index (χ4n) is 4.19. The van der Waals surface area contributed by atoms with E-state index in [-0.39, 0.29) is 24.2 Å². The average molecular weight is 483 g/mol. The fraction of sp³-hybridized carbons (Fsp3) is 0.214. The quantitative estimate of drug-likeness (QED) is 0.346. The van der Waals surface area contributed by atoms with Gasteiger partial charge in [0.25, 0.3) is 0 Å². The van der Waals surface area contributed by atoms with Gasteiger partial charge in [-0.1, -0.05) is 48.5 Å². The van der Waals surface area contributed by atoms with E-state index in [2.05, 4.69) is 38.5 Å². The molecule has 0 unspecified atom stereocenters. The van der Waals surface area contributed by atoms with Crippen LogP contribution in [0.25, 0.3) is 11.1 Å². The molecule has 0 radical (unpaired) electrons. The van der Waals surface area contributed by atoms with Crippen molar-refractivity contribution in [3.8, 4) is 11.1 Å². The fourth-order valence-corrected chi connectivity index (χ4v) is 4.19. The number of carbonyl (C=O) groups is 1. The number of benzene rings is 2. The van der Waals surface area contributed by atoms with Gasteiger partial charge in [-0.2, -0.15) is 4.39 Å². The molecule has 1 fully saturated rings. The third-order valence-corrected chi connectivity index (χ3v) is 6.17. The van der Waals surface area contributed by atoms with Gasteiger partial charge in [-0.05, 0) is 52.8 Å². The van der Waals surface area contributed by atoms with Gasteiger partial charge in [0.2, 0.25) is 11.7 Å². The lowest BCUT2D eigenvalue weighted by atomic mass is 10.0. The minimum absolute atomic E-state index is 0.163. The summed E-state index contributed by atoms with van der Waals surface area (Å²) >= 11 is 0. The Hall–Kier alpha value is -4.33. The molecule has 8 heteroatoms. The lowest BCUT2D eigenvalue weighted by Crippen LogP contribution is -2.27. The predicted molar refractivity (Wildman–Crippen MR) is 138 cm³/mol. The molecule has 0 aliphatic heterocycles. The highest BCUT2D eigenvalue weighted by Gasteiger charge is 2.32. The molecule has 1 aliphatic carbocycles. The van der Waals surface area contributed by atoms with E-state index >= 15 is 4.39 Å². The van der Waals surface area contributed by atoms with Crippen molar-refractivity contribution in [1.29, 1.82) is 0 Å². The molecule has 3 N–H and O–H groups in total. The SMILES string of the molecule is NC(=O)Cc1ccc(CNc2ncnc(N(Cc3cccc(-c4cccnc4)c3)C3CC3)c2F)cc1.